The molecule has 1 aliphatic rings. The molecule has 0 radical (unpaired) electrons. The maximum atomic E-state index is 13.2. The number of aromatic hydroxyl groups is 1. The van der Waals surface area contributed by atoms with Crippen LogP contribution in [-0.4, -0.2) is 41.6 Å². The summed E-state index contributed by atoms with van der Waals surface area (Å²) in [4.78, 5) is 39.7. The summed E-state index contributed by atoms with van der Waals surface area (Å²) < 4.78 is 10.2. The predicted molar refractivity (Wildman–Crippen MR) is 128 cm³/mol. The number of esters is 1. The number of carbonyl (C=O) groups excluding carboxylic acids is 3. The van der Waals surface area contributed by atoms with Crippen LogP contribution in [0.25, 0.3) is 5.76 Å². The van der Waals surface area contributed by atoms with Gasteiger partial charge in [0.1, 0.15) is 5.76 Å². The lowest BCUT2D eigenvalue weighted by atomic mass is 9.94. The van der Waals surface area contributed by atoms with Gasteiger partial charge in [0, 0.05) is 11.3 Å². The Hall–Kier alpha value is -4.59. The summed E-state index contributed by atoms with van der Waals surface area (Å²) in [5, 5.41) is 21.2. The molecule has 1 saturated heterocycles. The number of Topliss-reactive ketones (excluding diaryl/α,β-unsaturated/α-hetero) is 1. The maximum absolute atomic E-state index is 13.2. The van der Waals surface area contributed by atoms with E-state index in [1.165, 1.54) is 48.4 Å². The highest BCUT2D eigenvalue weighted by Crippen LogP contribution is 2.44. The summed E-state index contributed by atoms with van der Waals surface area (Å²) in [6.07, 6.45) is 0. The van der Waals surface area contributed by atoms with Crippen molar-refractivity contribution in [2.45, 2.75) is 13.0 Å². The minimum Gasteiger partial charge on any atom is -0.507 e. The van der Waals surface area contributed by atoms with E-state index >= 15 is 0 Å². The number of methoxy groups -OCH3 is 1. The van der Waals surface area contributed by atoms with Crippen LogP contribution in [-0.2, 0) is 14.3 Å². The minimum atomic E-state index is -1.02. The van der Waals surface area contributed by atoms with Crippen molar-refractivity contribution in [3.63, 3.8) is 0 Å². The van der Waals surface area contributed by atoms with Crippen LogP contribution in [0.15, 0.2) is 78.4 Å². The normalized spacial score (nSPS) is 16.9. The van der Waals surface area contributed by atoms with Crippen LogP contribution < -0.4 is 9.64 Å². The number of hydrogen-bond acceptors (Lipinski definition) is 7. The summed E-state index contributed by atoms with van der Waals surface area (Å²) in [6, 6.07) is 17.9. The molecule has 0 bridgehead atoms. The van der Waals surface area contributed by atoms with Crippen molar-refractivity contribution in [2.24, 2.45) is 0 Å². The highest BCUT2D eigenvalue weighted by Gasteiger charge is 2.47. The van der Waals surface area contributed by atoms with Crippen molar-refractivity contribution in [3.8, 4) is 11.5 Å². The molecule has 178 valence electrons. The number of ketones is 1. The molecule has 35 heavy (non-hydrogen) atoms. The average Bonchev–Trinajstić information content (AvgIpc) is 3.15. The molecule has 1 aliphatic heterocycles. The fourth-order valence-corrected chi connectivity index (χ4v) is 4.00. The first-order chi connectivity index (χ1) is 16.9. The number of hydrogen-bond donors (Lipinski definition) is 2. The van der Waals surface area contributed by atoms with Crippen LogP contribution in [0.1, 0.15) is 34.5 Å². The first-order valence-electron chi connectivity index (χ1n) is 10.9. The zero-order valence-corrected chi connectivity index (χ0v) is 19.1. The first-order valence-corrected chi connectivity index (χ1v) is 10.9. The number of nitrogens with zero attached hydrogens (tertiary/aromatic N) is 1. The molecule has 0 aromatic heterocycles. The lowest BCUT2D eigenvalue weighted by Gasteiger charge is -2.26. The monoisotopic (exact) mass is 473 g/mol. The van der Waals surface area contributed by atoms with E-state index < -0.39 is 23.7 Å². The van der Waals surface area contributed by atoms with Gasteiger partial charge in [-0.25, -0.2) is 4.79 Å². The van der Waals surface area contributed by atoms with Gasteiger partial charge in [0.2, 0.25) is 0 Å². The van der Waals surface area contributed by atoms with Crippen molar-refractivity contribution in [1.82, 2.24) is 0 Å². The summed E-state index contributed by atoms with van der Waals surface area (Å²) in [7, 11) is 1.38. The van der Waals surface area contributed by atoms with Gasteiger partial charge < -0.3 is 19.7 Å². The Bertz CT molecular complexity index is 1310. The van der Waals surface area contributed by atoms with Crippen molar-refractivity contribution < 1.29 is 34.1 Å². The first kappa shape index (κ1) is 23.6. The van der Waals surface area contributed by atoms with Gasteiger partial charge in [0.25, 0.3) is 11.7 Å². The van der Waals surface area contributed by atoms with Gasteiger partial charge >= 0.3 is 5.97 Å². The topological polar surface area (TPSA) is 113 Å². The molecule has 2 N–H and O–H groups in total. The minimum absolute atomic E-state index is 0.108. The predicted octanol–water partition coefficient (Wildman–Crippen LogP) is 4.20. The molecule has 1 unspecified atom stereocenters. The average molecular weight is 473 g/mol. The number of benzene rings is 3. The standard InChI is InChI=1S/C27H23NO7/c1-3-35-27(33)17-9-12-19(13-10-17)28-23(18-11-14-20(29)21(15-18)34-2)22(25(31)26(28)32)24(30)16-7-5-4-6-8-16/h4-15,23,29-30H,3H2,1-2H3. The fourth-order valence-electron chi connectivity index (χ4n) is 4.00. The van der Waals surface area contributed by atoms with Gasteiger partial charge in [-0.1, -0.05) is 36.4 Å². The van der Waals surface area contributed by atoms with E-state index in [-0.39, 0.29) is 29.4 Å². The summed E-state index contributed by atoms with van der Waals surface area (Å²) in [5.41, 5.74) is 1.33. The molecule has 3 aromatic carbocycles. The van der Waals surface area contributed by atoms with Crippen LogP contribution in [0.2, 0.25) is 0 Å². The number of aliphatic hydroxyl groups is 1. The number of amides is 1. The Kier molecular flexibility index (Phi) is 6.55. The van der Waals surface area contributed by atoms with Crippen LogP contribution in [0.5, 0.6) is 11.5 Å². The number of anilines is 1. The zero-order valence-electron chi connectivity index (χ0n) is 19.1. The molecule has 8 heteroatoms. The molecule has 1 heterocycles. The van der Waals surface area contributed by atoms with Gasteiger partial charge in [-0.3, -0.25) is 14.5 Å². The summed E-state index contributed by atoms with van der Waals surface area (Å²) in [5.74, 6) is -2.52. The van der Waals surface area contributed by atoms with E-state index in [9.17, 15) is 24.6 Å². The number of aliphatic hydroxyl groups excluding tert-OH is 1. The lowest BCUT2D eigenvalue weighted by molar-refractivity contribution is -0.132. The Labute approximate surface area is 201 Å². The molecule has 3 aromatic rings. The number of ether oxygens (including phenoxy) is 2. The number of rotatable bonds is 6. The second-order valence-corrected chi connectivity index (χ2v) is 7.73. The van der Waals surface area contributed by atoms with Crippen LogP contribution in [0.3, 0.4) is 0 Å². The third kappa shape index (κ3) is 4.33. The molecule has 0 spiro atoms. The van der Waals surface area contributed by atoms with Crippen molar-refractivity contribution in [1.29, 1.82) is 0 Å². The quantitative estimate of drug-likeness (QED) is 0.239. The van der Waals surface area contributed by atoms with Crippen molar-refractivity contribution in [2.75, 3.05) is 18.6 Å². The van der Waals surface area contributed by atoms with Gasteiger partial charge in [-0.05, 0) is 48.9 Å². The molecule has 1 amide bonds. The van der Waals surface area contributed by atoms with Gasteiger partial charge in [0.05, 0.1) is 30.9 Å². The van der Waals surface area contributed by atoms with E-state index in [1.807, 2.05) is 0 Å². The van der Waals surface area contributed by atoms with Crippen LogP contribution >= 0.6 is 0 Å². The van der Waals surface area contributed by atoms with E-state index in [0.29, 0.717) is 22.4 Å². The third-order valence-corrected chi connectivity index (χ3v) is 5.67. The van der Waals surface area contributed by atoms with Gasteiger partial charge in [-0.15, -0.1) is 0 Å². The molecule has 0 saturated carbocycles. The second-order valence-electron chi connectivity index (χ2n) is 7.73. The van der Waals surface area contributed by atoms with Crippen molar-refractivity contribution in [3.05, 3.63) is 95.1 Å². The lowest BCUT2D eigenvalue weighted by Crippen LogP contribution is -2.29. The maximum Gasteiger partial charge on any atom is 0.338 e. The number of phenolic OH excluding ortho intramolecular Hbond substituents is 1. The molecule has 1 atom stereocenters. The van der Waals surface area contributed by atoms with E-state index in [4.69, 9.17) is 9.47 Å². The third-order valence-electron chi connectivity index (χ3n) is 5.67. The Balaban J connectivity index is 1.89. The SMILES string of the molecule is CCOC(=O)c1ccc(N2C(=O)C(=O)C(=C(O)c3ccccc3)C2c2ccc(O)c(OC)c2)cc1. The van der Waals surface area contributed by atoms with Gasteiger partial charge in [-0.2, -0.15) is 0 Å². The second kappa shape index (κ2) is 9.72. The number of phenols is 1. The molecule has 1 fully saturated rings. The highest BCUT2D eigenvalue weighted by atomic mass is 16.5. The Morgan fingerprint density at radius 2 is 1.66 bits per heavy atom. The van der Waals surface area contributed by atoms with Gasteiger partial charge in [0.15, 0.2) is 11.5 Å². The largest absolute Gasteiger partial charge is 0.507 e. The zero-order chi connectivity index (χ0) is 25.1. The van der Waals surface area contributed by atoms with Crippen molar-refractivity contribution >= 4 is 29.1 Å². The van der Waals surface area contributed by atoms with E-state index in [0.717, 1.165) is 0 Å². The molecule has 0 aliphatic carbocycles. The van der Waals surface area contributed by atoms with Crippen LogP contribution in [0, 0.1) is 0 Å². The molecule has 4 rings (SSSR count). The van der Waals surface area contributed by atoms with E-state index in [2.05, 4.69) is 0 Å². The summed E-state index contributed by atoms with van der Waals surface area (Å²) in [6.45, 7) is 1.92. The molecular weight excluding hydrogens is 450 g/mol. The summed E-state index contributed by atoms with van der Waals surface area (Å²) >= 11 is 0. The molecular formula is C27H23NO7. The Morgan fingerprint density at radius 1 is 0.971 bits per heavy atom. The van der Waals surface area contributed by atoms with Crippen LogP contribution in [0.4, 0.5) is 5.69 Å². The fraction of sp³-hybridized carbons (Fsp3) is 0.148. The highest BCUT2D eigenvalue weighted by molar-refractivity contribution is 6.51. The number of carbonyl (C=O) groups is 3. The smallest absolute Gasteiger partial charge is 0.338 e. The van der Waals surface area contributed by atoms with E-state index in [1.54, 1.807) is 43.3 Å². The molecule has 8 nitrogen and oxygen atoms in total. The Morgan fingerprint density at radius 3 is 2.29 bits per heavy atom.